The van der Waals surface area contributed by atoms with Gasteiger partial charge in [0.2, 0.25) is 0 Å². The molecule has 5 aliphatic rings. The first-order valence-electron chi connectivity index (χ1n) is 15.6. The van der Waals surface area contributed by atoms with E-state index in [9.17, 15) is 14.7 Å². The molecule has 1 aromatic carbocycles. The fraction of sp³-hybridized carbons (Fsp3) is 0.576. The lowest BCUT2D eigenvalue weighted by molar-refractivity contribution is -0.197. The molecule has 0 spiro atoms. The molecule has 3 N–H and O–H groups in total. The summed E-state index contributed by atoms with van der Waals surface area (Å²) >= 11 is 1.39. The predicted octanol–water partition coefficient (Wildman–Crippen LogP) is 5.27. The number of aliphatic hydroxyl groups is 1. The van der Waals surface area contributed by atoms with E-state index in [-0.39, 0.29) is 46.6 Å². The summed E-state index contributed by atoms with van der Waals surface area (Å²) in [6.45, 7) is 6.44. The van der Waals surface area contributed by atoms with E-state index < -0.39 is 23.4 Å². The Morgan fingerprint density at radius 2 is 2.09 bits per heavy atom. The molecule has 43 heavy (non-hydrogen) atoms. The highest BCUT2D eigenvalue weighted by Crippen LogP contribution is 2.69. The summed E-state index contributed by atoms with van der Waals surface area (Å²) in [5, 5.41) is 12.6. The van der Waals surface area contributed by atoms with Gasteiger partial charge in [-0.05, 0) is 68.2 Å². The minimum absolute atomic E-state index is 0.0109. The van der Waals surface area contributed by atoms with Crippen molar-refractivity contribution in [3.63, 3.8) is 0 Å². The monoisotopic (exact) mass is 602 g/mol. The molecule has 2 aromatic heterocycles. The lowest BCUT2D eigenvalue weighted by Gasteiger charge is -2.59. The van der Waals surface area contributed by atoms with Crippen LogP contribution in [0.25, 0.3) is 22.1 Å². The molecule has 10 heteroatoms. The number of fused-ring (bicyclic) bond motifs is 9. The second-order valence-corrected chi connectivity index (χ2v) is 14.7. The van der Waals surface area contributed by atoms with E-state index in [1.165, 1.54) is 11.8 Å². The Morgan fingerprint density at radius 3 is 2.93 bits per heavy atom. The molecule has 9 atom stereocenters. The summed E-state index contributed by atoms with van der Waals surface area (Å²) in [6.07, 6.45) is 10.2. The second kappa shape index (κ2) is 9.60. The van der Waals surface area contributed by atoms with Gasteiger partial charge < -0.3 is 24.5 Å². The van der Waals surface area contributed by atoms with Crippen molar-refractivity contribution in [1.82, 2.24) is 19.9 Å². The van der Waals surface area contributed by atoms with Crippen LogP contribution in [0.15, 0.2) is 47.4 Å². The molecule has 8 rings (SSSR count). The number of hydrogen-bond acceptors (Lipinski definition) is 8. The maximum absolute atomic E-state index is 14.6. The number of rotatable bonds is 6. The molecule has 226 valence electrons. The van der Waals surface area contributed by atoms with Crippen LogP contribution in [0.3, 0.4) is 0 Å². The van der Waals surface area contributed by atoms with Crippen LogP contribution in [0.5, 0.6) is 0 Å². The van der Waals surface area contributed by atoms with Crippen LogP contribution in [-0.2, 0) is 19.1 Å². The predicted molar refractivity (Wildman–Crippen MR) is 162 cm³/mol. The zero-order valence-corrected chi connectivity index (χ0v) is 25.6. The average molecular weight is 603 g/mol. The van der Waals surface area contributed by atoms with Gasteiger partial charge in [-0.1, -0.05) is 50.6 Å². The van der Waals surface area contributed by atoms with Gasteiger partial charge in [0.25, 0.3) is 0 Å². The lowest BCUT2D eigenvalue weighted by atomic mass is 9.46. The summed E-state index contributed by atoms with van der Waals surface area (Å²) in [5.74, 6) is 0.572. The van der Waals surface area contributed by atoms with E-state index in [0.717, 1.165) is 59.7 Å². The van der Waals surface area contributed by atoms with Crippen molar-refractivity contribution in [3.05, 3.63) is 42.3 Å². The van der Waals surface area contributed by atoms with Gasteiger partial charge in [0.05, 0.1) is 46.4 Å². The fourth-order valence-corrected chi connectivity index (χ4v) is 10.6. The quantitative estimate of drug-likeness (QED) is 0.326. The van der Waals surface area contributed by atoms with Crippen molar-refractivity contribution >= 4 is 45.4 Å². The highest BCUT2D eigenvalue weighted by atomic mass is 32.2. The zero-order chi connectivity index (χ0) is 29.7. The number of H-pyrrole nitrogens is 2. The van der Waals surface area contributed by atoms with Gasteiger partial charge in [-0.15, -0.1) is 0 Å². The molecular weight excluding hydrogens is 564 g/mol. The molecule has 4 fully saturated rings. The number of thioether (sulfide) groups is 1. The SMILES string of the molecule is CCC[C@@H]1O[C@@H]2CC3C4CCC5=CC(=O)C=CC5(C)C4[C@@H](O)CC3(C)[C@]2(C(=O)CSc2nc3cc4nc[nH]c4cc3[nH]2)O1. The summed E-state index contributed by atoms with van der Waals surface area (Å²) in [4.78, 5) is 42.3. The number of hydrogen-bond donors (Lipinski definition) is 3. The number of nitrogens with one attached hydrogen (secondary N) is 2. The Kier molecular flexibility index (Phi) is 6.19. The number of allylic oxidation sites excluding steroid dienone is 4. The van der Waals surface area contributed by atoms with Crippen LogP contribution in [0.4, 0.5) is 0 Å². The Balaban J connectivity index is 1.11. The van der Waals surface area contributed by atoms with Gasteiger partial charge in [0.15, 0.2) is 28.6 Å². The maximum Gasteiger partial charge on any atom is 0.178 e. The Bertz CT molecular complexity index is 1660. The molecule has 3 saturated carbocycles. The number of aromatic nitrogens is 4. The number of carbonyl (C=O) groups excluding carboxylic acids is 2. The van der Waals surface area contributed by atoms with E-state index in [0.29, 0.717) is 11.6 Å². The van der Waals surface area contributed by atoms with Crippen molar-refractivity contribution in [2.24, 2.45) is 28.6 Å². The molecule has 3 heterocycles. The number of ketones is 2. The van der Waals surface area contributed by atoms with E-state index in [2.05, 4.69) is 35.7 Å². The van der Waals surface area contributed by atoms with Crippen LogP contribution in [0, 0.1) is 28.6 Å². The smallest absolute Gasteiger partial charge is 0.178 e. The van der Waals surface area contributed by atoms with Gasteiger partial charge in [0, 0.05) is 16.7 Å². The lowest BCUT2D eigenvalue weighted by Crippen LogP contribution is -2.63. The van der Waals surface area contributed by atoms with E-state index in [4.69, 9.17) is 14.5 Å². The second-order valence-electron chi connectivity index (χ2n) is 13.7. The third-order valence-corrected chi connectivity index (χ3v) is 12.4. The van der Waals surface area contributed by atoms with Crippen LogP contribution >= 0.6 is 11.8 Å². The molecular formula is C33H38N4O5S. The number of Topliss-reactive ketones (excluding diaryl/α,β-unsaturated/α-hetero) is 1. The number of aliphatic hydroxyl groups excluding tert-OH is 1. The molecule has 0 radical (unpaired) electrons. The van der Waals surface area contributed by atoms with Gasteiger partial charge in [-0.2, -0.15) is 0 Å². The zero-order valence-electron chi connectivity index (χ0n) is 24.8. The highest BCUT2D eigenvalue weighted by Gasteiger charge is 2.75. The van der Waals surface area contributed by atoms with E-state index >= 15 is 0 Å². The van der Waals surface area contributed by atoms with Crippen LogP contribution in [-0.4, -0.2) is 66.5 Å². The maximum atomic E-state index is 14.6. The van der Waals surface area contributed by atoms with E-state index in [1.807, 2.05) is 18.2 Å². The van der Waals surface area contributed by atoms with Crippen molar-refractivity contribution in [3.8, 4) is 0 Å². The van der Waals surface area contributed by atoms with Crippen LogP contribution in [0.2, 0.25) is 0 Å². The number of benzene rings is 1. The minimum atomic E-state index is -1.13. The number of nitrogens with zero attached hydrogens (tertiary/aromatic N) is 2. The summed E-state index contributed by atoms with van der Waals surface area (Å²) in [6, 6.07) is 3.92. The number of ether oxygens (including phenoxy) is 2. The Labute approximate surface area is 254 Å². The van der Waals surface area contributed by atoms with Gasteiger partial charge in [-0.3, -0.25) is 9.59 Å². The van der Waals surface area contributed by atoms with Crippen LogP contribution in [0.1, 0.15) is 59.3 Å². The Hall–Kier alpha value is -2.79. The number of imidazole rings is 2. The first-order valence-corrected chi connectivity index (χ1v) is 16.6. The van der Waals surface area contributed by atoms with Gasteiger partial charge >= 0.3 is 0 Å². The highest BCUT2D eigenvalue weighted by molar-refractivity contribution is 7.99. The molecule has 5 unspecified atom stereocenters. The third-order valence-electron chi connectivity index (χ3n) is 11.6. The van der Waals surface area contributed by atoms with Crippen molar-refractivity contribution < 1.29 is 24.2 Å². The topological polar surface area (TPSA) is 130 Å². The summed E-state index contributed by atoms with van der Waals surface area (Å²) in [5.41, 5.74) is 2.52. The van der Waals surface area contributed by atoms with Crippen molar-refractivity contribution in [2.75, 3.05) is 5.75 Å². The molecule has 9 nitrogen and oxygen atoms in total. The van der Waals surface area contributed by atoms with Crippen molar-refractivity contribution in [2.45, 2.75) is 88.6 Å². The fourth-order valence-electron chi connectivity index (χ4n) is 9.73. The first-order chi connectivity index (χ1) is 20.7. The molecule has 0 bridgehead atoms. The molecule has 4 aliphatic carbocycles. The molecule has 1 saturated heterocycles. The molecule has 3 aromatic rings. The van der Waals surface area contributed by atoms with E-state index in [1.54, 1.807) is 18.5 Å². The first kappa shape index (κ1) is 27.7. The summed E-state index contributed by atoms with van der Waals surface area (Å²) in [7, 11) is 0. The van der Waals surface area contributed by atoms with Gasteiger partial charge in [0.1, 0.15) is 0 Å². The Morgan fingerprint density at radius 1 is 1.23 bits per heavy atom. The number of carbonyl (C=O) groups is 2. The minimum Gasteiger partial charge on any atom is -0.393 e. The largest absolute Gasteiger partial charge is 0.393 e. The average Bonchev–Trinajstić information content (AvgIpc) is 3.72. The third kappa shape index (κ3) is 3.82. The summed E-state index contributed by atoms with van der Waals surface area (Å²) < 4.78 is 13.4. The normalized spacial score (nSPS) is 39.9. The molecule has 1 aliphatic heterocycles. The van der Waals surface area contributed by atoms with Crippen molar-refractivity contribution in [1.29, 1.82) is 0 Å². The number of aromatic amines is 2. The molecule has 0 amide bonds. The van der Waals surface area contributed by atoms with Gasteiger partial charge in [-0.25, -0.2) is 9.97 Å². The van der Waals surface area contributed by atoms with Crippen LogP contribution < -0.4 is 0 Å². The standard InChI is InChI=1S/C33H38N4O5S/c1-4-5-28-41-27-11-20-19-7-6-17-10-18(38)8-9-31(17,2)29(19)25(39)14-32(20,3)33(27,42-28)26(40)15-43-30-36-23-12-21-22(35-16-34-21)13-24(23)37-30/h8-10,12-13,16,19-20,25,27-29,39H,4-7,11,14-15H2,1-3H3,(H,34,35)(H,36,37)/t19?,20?,25-,27+,28+,29?,31?,32?,33+/m0/s1.